The van der Waals surface area contributed by atoms with E-state index in [0.29, 0.717) is 0 Å². The number of para-hydroxylation sites is 4. The molecule has 11 aromatic rings. The van der Waals surface area contributed by atoms with Gasteiger partial charge >= 0.3 is 0 Å². The molecule has 70 heavy (non-hydrogen) atoms. The Morgan fingerprint density at radius 3 is 0.743 bits per heavy atom. The van der Waals surface area contributed by atoms with Crippen LogP contribution in [0.5, 0.6) is 0 Å². The zero-order valence-electron chi connectivity index (χ0n) is 38.6. The predicted octanol–water partition coefficient (Wildman–Crippen LogP) is 11.3. The van der Waals surface area contributed by atoms with E-state index < -0.39 is 16.1 Å². The molecule has 0 spiro atoms. The summed E-state index contributed by atoms with van der Waals surface area (Å²) in [5.74, 6) is 0. The summed E-state index contributed by atoms with van der Waals surface area (Å²) in [5.41, 5.74) is 12.0. The van der Waals surface area contributed by atoms with E-state index >= 15 is 0 Å². The van der Waals surface area contributed by atoms with Crippen molar-refractivity contribution in [2.24, 2.45) is 0 Å². The van der Waals surface area contributed by atoms with Gasteiger partial charge in [-0.25, -0.2) is 0 Å². The molecule has 0 aromatic heterocycles. The second-order valence-electron chi connectivity index (χ2n) is 18.4. The first kappa shape index (κ1) is 41.6. The molecule has 0 unspecified atom stereocenters. The van der Waals surface area contributed by atoms with E-state index in [1.165, 1.54) is 86.5 Å². The number of hydrogen-bond donors (Lipinski definition) is 0. The van der Waals surface area contributed by atoms with Crippen LogP contribution in [0.2, 0.25) is 0 Å². The number of benzene rings is 11. The van der Waals surface area contributed by atoms with Gasteiger partial charge in [0.2, 0.25) is 0 Å². The van der Waals surface area contributed by atoms with Crippen molar-refractivity contribution in [3.8, 4) is 22.3 Å². The Kier molecular flexibility index (Phi) is 10.2. The molecule has 11 aromatic carbocycles. The van der Waals surface area contributed by atoms with Gasteiger partial charge in [-0.05, 0) is 118 Å². The minimum absolute atomic E-state index is 1.15. The van der Waals surface area contributed by atoms with Gasteiger partial charge in [0.15, 0.2) is 16.1 Å². The number of rotatable bonds is 8. The van der Waals surface area contributed by atoms with E-state index in [9.17, 15) is 0 Å². The highest BCUT2D eigenvalue weighted by molar-refractivity contribution is 7.22. The molecular formula is C66H48N2Si2. The quantitative estimate of drug-likeness (QED) is 0.140. The van der Waals surface area contributed by atoms with Crippen molar-refractivity contribution < 1.29 is 0 Å². The van der Waals surface area contributed by atoms with Crippen LogP contribution < -0.4 is 51.3 Å². The topological polar surface area (TPSA) is 6.48 Å². The molecule has 13 rings (SSSR count). The Morgan fingerprint density at radius 2 is 0.457 bits per heavy atom. The highest BCUT2D eigenvalue weighted by Crippen LogP contribution is 2.41. The summed E-state index contributed by atoms with van der Waals surface area (Å²) in [6.07, 6.45) is 0. The summed E-state index contributed by atoms with van der Waals surface area (Å²) in [5, 5.41) is 11.2. The lowest BCUT2D eigenvalue weighted by atomic mass is 9.98. The third-order valence-corrected chi connectivity index (χ3v) is 24.5. The fourth-order valence-electron chi connectivity index (χ4n) is 11.9. The number of fused-ring (bicyclic) bond motifs is 4. The summed E-state index contributed by atoms with van der Waals surface area (Å²) < 4.78 is 0. The van der Waals surface area contributed by atoms with Crippen molar-refractivity contribution >= 4 is 91.8 Å². The van der Waals surface area contributed by atoms with Crippen LogP contribution in [0.4, 0.5) is 34.1 Å². The minimum atomic E-state index is -2.67. The Hall–Kier alpha value is -8.55. The third-order valence-electron chi connectivity index (χ3n) is 14.8. The zero-order valence-corrected chi connectivity index (χ0v) is 40.6. The van der Waals surface area contributed by atoms with E-state index in [0.717, 1.165) is 11.4 Å². The van der Waals surface area contributed by atoms with Crippen LogP contribution in [0, 0.1) is 0 Å². The molecule has 0 saturated heterocycles. The number of anilines is 6. The van der Waals surface area contributed by atoms with Gasteiger partial charge < -0.3 is 9.80 Å². The van der Waals surface area contributed by atoms with Crippen molar-refractivity contribution in [2.45, 2.75) is 0 Å². The van der Waals surface area contributed by atoms with Gasteiger partial charge in [-0.2, -0.15) is 0 Å². The van der Waals surface area contributed by atoms with Crippen molar-refractivity contribution in [2.75, 3.05) is 9.80 Å². The van der Waals surface area contributed by atoms with Crippen LogP contribution in [-0.4, -0.2) is 16.1 Å². The van der Waals surface area contributed by atoms with Crippen molar-refractivity contribution in [3.05, 3.63) is 291 Å². The molecule has 2 nitrogen and oxygen atoms in total. The fourth-order valence-corrected chi connectivity index (χ4v) is 22.1. The third kappa shape index (κ3) is 6.45. The molecule has 0 saturated carbocycles. The smallest absolute Gasteiger partial charge is 0.184 e. The van der Waals surface area contributed by atoms with Gasteiger partial charge in [0.1, 0.15) is 0 Å². The van der Waals surface area contributed by atoms with Crippen LogP contribution in [0.25, 0.3) is 22.3 Å². The molecule has 0 bridgehead atoms. The summed E-state index contributed by atoms with van der Waals surface area (Å²) in [6.45, 7) is 0. The molecule has 0 fully saturated rings. The van der Waals surface area contributed by atoms with E-state index in [1.54, 1.807) is 0 Å². The van der Waals surface area contributed by atoms with E-state index in [-0.39, 0.29) is 0 Å². The first-order chi connectivity index (χ1) is 34.7. The summed E-state index contributed by atoms with van der Waals surface area (Å²) in [6, 6.07) is 109. The van der Waals surface area contributed by atoms with E-state index in [4.69, 9.17) is 0 Å². The van der Waals surface area contributed by atoms with Gasteiger partial charge in [0.25, 0.3) is 0 Å². The Bertz CT molecular complexity index is 3240. The van der Waals surface area contributed by atoms with Gasteiger partial charge in [-0.1, -0.05) is 237 Å². The minimum Gasteiger partial charge on any atom is -0.311 e. The molecule has 330 valence electrons. The molecule has 2 heterocycles. The Labute approximate surface area is 412 Å². The normalized spacial score (nSPS) is 13.9. The van der Waals surface area contributed by atoms with Crippen LogP contribution in [0.15, 0.2) is 291 Å². The SMILES string of the molecule is c1ccc([Si]2(c3ccccc3)c3ccccc3N(c3ccc(-c4cccc(-c5ccc(N6c7ccccc7[Si](c7ccccc7)(c7ccccc7)c7ccccc76)cc5)c4)cc3)c3ccccc32)cc1. The van der Waals surface area contributed by atoms with Gasteiger partial charge in [-0.3, -0.25) is 0 Å². The summed E-state index contributed by atoms with van der Waals surface area (Å²) in [7, 11) is -5.35. The van der Waals surface area contributed by atoms with Crippen molar-refractivity contribution in [1.82, 2.24) is 0 Å². The molecule has 0 amide bonds. The van der Waals surface area contributed by atoms with Crippen LogP contribution in [-0.2, 0) is 0 Å². The summed E-state index contributed by atoms with van der Waals surface area (Å²) in [4.78, 5) is 4.96. The monoisotopic (exact) mass is 924 g/mol. The maximum absolute atomic E-state index is 2.67. The average Bonchev–Trinajstić information content (AvgIpc) is 3.45. The first-order valence-corrected chi connectivity index (χ1v) is 28.3. The lowest BCUT2D eigenvalue weighted by Crippen LogP contribution is -2.77. The molecule has 2 aliphatic rings. The highest BCUT2D eigenvalue weighted by Gasteiger charge is 2.50. The fraction of sp³-hybridized carbons (Fsp3) is 0. The van der Waals surface area contributed by atoms with Crippen LogP contribution >= 0.6 is 0 Å². The Balaban J connectivity index is 0.848. The van der Waals surface area contributed by atoms with Gasteiger partial charge in [-0.15, -0.1) is 0 Å². The largest absolute Gasteiger partial charge is 0.311 e. The predicted molar refractivity (Wildman–Crippen MR) is 301 cm³/mol. The standard InChI is InChI=1S/C66H48N2Si2/c1-5-24-55(25-6-1)69(56-26-7-2-8-27-56)63-36-17-13-32-59(63)67(60-33-14-18-37-64(60)69)53-44-40-49(41-45-53)51-22-21-23-52(48-51)50-42-46-54(47-43-50)68-61-34-15-19-38-65(61)70(57-28-9-3-10-29-57,58-30-11-4-12-31-58)66-39-20-16-35-62(66)68/h1-48H. The molecular weight excluding hydrogens is 877 g/mol. The van der Waals surface area contributed by atoms with Crippen molar-refractivity contribution in [3.63, 3.8) is 0 Å². The van der Waals surface area contributed by atoms with Crippen LogP contribution in [0.3, 0.4) is 0 Å². The summed E-state index contributed by atoms with van der Waals surface area (Å²) >= 11 is 0. The molecule has 4 heteroatoms. The number of nitrogens with zero attached hydrogens (tertiary/aromatic N) is 2. The molecule has 0 atom stereocenters. The first-order valence-electron chi connectivity index (χ1n) is 24.3. The second kappa shape index (κ2) is 17.2. The molecule has 0 aliphatic carbocycles. The second-order valence-corrected chi connectivity index (χ2v) is 25.8. The maximum atomic E-state index is 2.48. The van der Waals surface area contributed by atoms with Gasteiger partial charge in [0, 0.05) is 34.1 Å². The average molecular weight is 925 g/mol. The molecule has 2 aliphatic heterocycles. The molecule has 0 radical (unpaired) electrons. The highest BCUT2D eigenvalue weighted by atomic mass is 28.3. The molecule has 0 N–H and O–H groups in total. The lowest BCUT2D eigenvalue weighted by molar-refractivity contribution is 1.29. The zero-order chi connectivity index (χ0) is 46.5. The van der Waals surface area contributed by atoms with Gasteiger partial charge in [0.05, 0.1) is 0 Å². The van der Waals surface area contributed by atoms with E-state index in [1.807, 2.05) is 0 Å². The van der Waals surface area contributed by atoms with E-state index in [2.05, 4.69) is 301 Å². The van der Waals surface area contributed by atoms with Crippen molar-refractivity contribution in [1.29, 1.82) is 0 Å². The van der Waals surface area contributed by atoms with Crippen LogP contribution in [0.1, 0.15) is 0 Å². The number of hydrogen-bond acceptors (Lipinski definition) is 2. The Morgan fingerprint density at radius 1 is 0.200 bits per heavy atom. The lowest BCUT2D eigenvalue weighted by Gasteiger charge is -2.45. The maximum Gasteiger partial charge on any atom is 0.184 e.